The second-order valence-electron chi connectivity index (χ2n) is 6.08. The molecule has 0 spiro atoms. The van der Waals surface area contributed by atoms with Crippen LogP contribution in [0.3, 0.4) is 0 Å². The summed E-state index contributed by atoms with van der Waals surface area (Å²) in [5.41, 5.74) is 6.13. The number of hydrogen-bond acceptors (Lipinski definition) is 2. The molecule has 0 saturated carbocycles. The number of nitrogens with two attached hydrogens (primary N) is 1. The van der Waals surface area contributed by atoms with Crippen molar-refractivity contribution in [2.45, 2.75) is 34.1 Å². The Morgan fingerprint density at radius 2 is 2.05 bits per heavy atom. The van der Waals surface area contributed by atoms with Crippen molar-refractivity contribution >= 4 is 28.8 Å². The molecular weight excluding hydrogens is 275 g/mol. The van der Waals surface area contributed by atoms with Crippen LogP contribution in [-0.2, 0) is 4.79 Å². The van der Waals surface area contributed by atoms with E-state index in [9.17, 15) is 9.18 Å². The summed E-state index contributed by atoms with van der Waals surface area (Å²) in [6.45, 7) is 8.31. The fourth-order valence-corrected chi connectivity index (χ4v) is 1.74. The summed E-state index contributed by atoms with van der Waals surface area (Å²) in [6.07, 6.45) is 0.406. The van der Waals surface area contributed by atoms with Crippen molar-refractivity contribution in [1.82, 2.24) is 0 Å². The first kappa shape index (κ1) is 16.6. The molecule has 0 fully saturated rings. The van der Waals surface area contributed by atoms with E-state index in [2.05, 4.69) is 26.1 Å². The second kappa shape index (κ2) is 6.31. The minimum Gasteiger partial charge on any atom is -0.389 e. The maximum Gasteiger partial charge on any atom is 0.224 e. The monoisotopic (exact) mass is 296 g/mol. The van der Waals surface area contributed by atoms with Gasteiger partial charge in [-0.1, -0.05) is 39.9 Å². The molecule has 1 atom stereocenters. The Kier molecular flexibility index (Phi) is 5.22. The van der Waals surface area contributed by atoms with Gasteiger partial charge in [0.15, 0.2) is 0 Å². The van der Waals surface area contributed by atoms with Crippen molar-refractivity contribution in [3.05, 3.63) is 29.6 Å². The third-order valence-corrected chi connectivity index (χ3v) is 3.71. The molecule has 0 aliphatic carbocycles. The molecule has 1 aromatic carbocycles. The topological polar surface area (TPSA) is 55.1 Å². The molecule has 0 saturated heterocycles. The lowest BCUT2D eigenvalue weighted by molar-refractivity contribution is -0.117. The predicted octanol–water partition coefficient (Wildman–Crippen LogP) is 3.47. The molecule has 0 bridgehead atoms. The Morgan fingerprint density at radius 3 is 2.55 bits per heavy atom. The number of rotatable bonds is 4. The number of hydrogen-bond donors (Lipinski definition) is 2. The summed E-state index contributed by atoms with van der Waals surface area (Å²) < 4.78 is 13.4. The number of benzene rings is 1. The lowest BCUT2D eigenvalue weighted by atomic mass is 9.80. The summed E-state index contributed by atoms with van der Waals surface area (Å²) in [6, 6.07) is 4.20. The molecule has 3 N–H and O–H groups in total. The first-order valence-electron chi connectivity index (χ1n) is 6.50. The lowest BCUT2D eigenvalue weighted by Crippen LogP contribution is -2.24. The minimum absolute atomic E-state index is 0.0262. The van der Waals surface area contributed by atoms with E-state index < -0.39 is 5.82 Å². The molecule has 3 nitrogen and oxygen atoms in total. The third-order valence-electron chi connectivity index (χ3n) is 3.49. The SMILES string of the molecule is CC(CC(=O)Nc1ccc(F)c(C(N)=S)c1)C(C)(C)C. The summed E-state index contributed by atoms with van der Waals surface area (Å²) in [7, 11) is 0. The molecular formula is C15H21FN2OS. The van der Waals surface area contributed by atoms with E-state index in [4.69, 9.17) is 18.0 Å². The first-order valence-corrected chi connectivity index (χ1v) is 6.91. The van der Waals surface area contributed by atoms with E-state index in [1.807, 2.05) is 6.92 Å². The van der Waals surface area contributed by atoms with Gasteiger partial charge in [-0.25, -0.2) is 4.39 Å². The number of nitrogens with one attached hydrogen (secondary N) is 1. The van der Waals surface area contributed by atoms with Crippen LogP contribution in [0.4, 0.5) is 10.1 Å². The molecule has 1 rings (SSSR count). The smallest absolute Gasteiger partial charge is 0.224 e. The van der Waals surface area contributed by atoms with Crippen molar-refractivity contribution in [2.24, 2.45) is 17.1 Å². The Labute approximate surface area is 124 Å². The molecule has 0 aromatic heterocycles. The van der Waals surface area contributed by atoms with Gasteiger partial charge in [0.25, 0.3) is 0 Å². The van der Waals surface area contributed by atoms with Crippen LogP contribution >= 0.6 is 12.2 Å². The zero-order chi connectivity index (χ0) is 15.5. The van der Waals surface area contributed by atoms with Gasteiger partial charge in [-0.05, 0) is 29.5 Å². The first-order chi connectivity index (χ1) is 9.11. The number of carbonyl (C=O) groups is 1. The predicted molar refractivity (Wildman–Crippen MR) is 84.2 cm³/mol. The summed E-state index contributed by atoms with van der Waals surface area (Å²) in [4.78, 5) is 11.9. The van der Waals surface area contributed by atoms with Crippen LogP contribution in [0, 0.1) is 17.2 Å². The fourth-order valence-electron chi connectivity index (χ4n) is 1.59. The molecule has 1 unspecified atom stereocenters. The summed E-state index contributed by atoms with van der Waals surface area (Å²) in [5.74, 6) is -0.357. The van der Waals surface area contributed by atoms with Gasteiger partial charge in [0, 0.05) is 17.7 Å². The normalized spacial score (nSPS) is 12.8. The van der Waals surface area contributed by atoms with Crippen LogP contribution in [0.25, 0.3) is 0 Å². The van der Waals surface area contributed by atoms with E-state index in [-0.39, 0.29) is 27.8 Å². The minimum atomic E-state index is -0.487. The van der Waals surface area contributed by atoms with Gasteiger partial charge >= 0.3 is 0 Å². The van der Waals surface area contributed by atoms with E-state index in [0.29, 0.717) is 12.1 Å². The highest BCUT2D eigenvalue weighted by atomic mass is 32.1. The molecule has 0 radical (unpaired) electrons. The zero-order valence-electron chi connectivity index (χ0n) is 12.3. The van der Waals surface area contributed by atoms with Gasteiger partial charge in [-0.3, -0.25) is 4.79 Å². The van der Waals surface area contributed by atoms with Gasteiger partial charge in [0.2, 0.25) is 5.91 Å². The lowest BCUT2D eigenvalue weighted by Gasteiger charge is -2.26. The van der Waals surface area contributed by atoms with E-state index in [0.717, 1.165) is 0 Å². The molecule has 20 heavy (non-hydrogen) atoms. The molecule has 0 aliphatic rings. The maximum absolute atomic E-state index is 13.4. The van der Waals surface area contributed by atoms with Crippen molar-refractivity contribution in [3.63, 3.8) is 0 Å². The molecule has 0 aliphatic heterocycles. The van der Waals surface area contributed by atoms with Crippen LogP contribution in [-0.4, -0.2) is 10.9 Å². The standard InChI is InChI=1S/C15H21FN2OS/c1-9(15(2,3)4)7-13(19)18-10-5-6-12(16)11(8-10)14(17)20/h5-6,8-9H,7H2,1-4H3,(H2,17,20)(H,18,19). The largest absolute Gasteiger partial charge is 0.389 e. The van der Waals surface area contributed by atoms with E-state index >= 15 is 0 Å². The maximum atomic E-state index is 13.4. The highest BCUT2D eigenvalue weighted by molar-refractivity contribution is 7.80. The fraction of sp³-hybridized carbons (Fsp3) is 0.467. The zero-order valence-corrected chi connectivity index (χ0v) is 13.1. The Bertz CT molecular complexity index is 523. The van der Waals surface area contributed by atoms with Crippen LogP contribution < -0.4 is 11.1 Å². The van der Waals surface area contributed by atoms with Crippen LogP contribution in [0.2, 0.25) is 0 Å². The number of anilines is 1. The Hall–Kier alpha value is -1.49. The molecule has 1 amide bonds. The summed E-state index contributed by atoms with van der Waals surface area (Å²) >= 11 is 4.77. The van der Waals surface area contributed by atoms with Crippen LogP contribution in [0.5, 0.6) is 0 Å². The third kappa shape index (κ3) is 4.56. The number of carbonyl (C=O) groups excluding carboxylic acids is 1. The molecule has 110 valence electrons. The van der Waals surface area contributed by atoms with Gasteiger partial charge in [0.1, 0.15) is 10.8 Å². The van der Waals surface area contributed by atoms with Crippen molar-refractivity contribution in [3.8, 4) is 0 Å². The quantitative estimate of drug-likeness (QED) is 0.836. The highest BCUT2D eigenvalue weighted by Gasteiger charge is 2.22. The number of halogens is 1. The van der Waals surface area contributed by atoms with Crippen molar-refractivity contribution in [1.29, 1.82) is 0 Å². The molecule has 1 aromatic rings. The van der Waals surface area contributed by atoms with Gasteiger partial charge < -0.3 is 11.1 Å². The van der Waals surface area contributed by atoms with E-state index in [1.165, 1.54) is 18.2 Å². The van der Waals surface area contributed by atoms with E-state index in [1.54, 1.807) is 0 Å². The molecule has 0 heterocycles. The van der Waals surface area contributed by atoms with Gasteiger partial charge in [0.05, 0.1) is 0 Å². The van der Waals surface area contributed by atoms with Gasteiger partial charge in [-0.2, -0.15) is 0 Å². The van der Waals surface area contributed by atoms with Crippen LogP contribution in [0.1, 0.15) is 39.7 Å². The average Bonchev–Trinajstić information content (AvgIpc) is 2.29. The van der Waals surface area contributed by atoms with Crippen LogP contribution in [0.15, 0.2) is 18.2 Å². The highest BCUT2D eigenvalue weighted by Crippen LogP contribution is 2.28. The van der Waals surface area contributed by atoms with Gasteiger partial charge in [-0.15, -0.1) is 0 Å². The average molecular weight is 296 g/mol. The van der Waals surface area contributed by atoms with Crippen molar-refractivity contribution < 1.29 is 9.18 Å². The Morgan fingerprint density at radius 1 is 1.45 bits per heavy atom. The Balaban J connectivity index is 2.77. The number of amides is 1. The van der Waals surface area contributed by atoms with Crippen molar-refractivity contribution in [2.75, 3.05) is 5.32 Å². The summed E-state index contributed by atoms with van der Waals surface area (Å²) in [5, 5.41) is 2.75. The molecule has 5 heteroatoms. The number of thiocarbonyl (C=S) groups is 1. The second-order valence-corrected chi connectivity index (χ2v) is 6.52.